The van der Waals surface area contributed by atoms with E-state index in [1.54, 1.807) is 0 Å². The van der Waals surface area contributed by atoms with Gasteiger partial charge in [0, 0.05) is 43.9 Å². The van der Waals surface area contributed by atoms with Gasteiger partial charge in [-0.3, -0.25) is 0 Å². The molecule has 3 rings (SSSR count). The number of nitrogens with one attached hydrogen (secondary N) is 1. The highest BCUT2D eigenvalue weighted by Crippen LogP contribution is 2.17. The molecule has 1 saturated heterocycles. The van der Waals surface area contributed by atoms with Crippen molar-refractivity contribution in [2.24, 2.45) is 0 Å². The highest BCUT2D eigenvalue weighted by molar-refractivity contribution is 6.31. The first kappa shape index (κ1) is 16.0. The molecule has 5 nitrogen and oxygen atoms in total. The molecule has 1 N–H and O–H groups in total. The predicted octanol–water partition coefficient (Wildman–Crippen LogP) is 2.88. The lowest BCUT2D eigenvalue weighted by Crippen LogP contribution is -2.46. The molecule has 1 aromatic heterocycles. The Morgan fingerprint density at radius 3 is 2.65 bits per heavy atom. The molecule has 23 heavy (non-hydrogen) atoms. The number of nitrogens with zero attached hydrogens (tertiary/aromatic N) is 4. The van der Waals surface area contributed by atoms with Gasteiger partial charge in [-0.15, -0.1) is 0 Å². The molecule has 1 aliphatic heterocycles. The molecule has 1 aliphatic rings. The van der Waals surface area contributed by atoms with Crippen molar-refractivity contribution in [3.63, 3.8) is 0 Å². The summed E-state index contributed by atoms with van der Waals surface area (Å²) in [4.78, 5) is 13.7. The smallest absolute Gasteiger partial charge is 0.227 e. The van der Waals surface area contributed by atoms with Crippen molar-refractivity contribution in [2.45, 2.75) is 13.5 Å². The van der Waals surface area contributed by atoms with Crippen molar-refractivity contribution >= 4 is 23.4 Å². The van der Waals surface area contributed by atoms with E-state index in [-0.39, 0.29) is 0 Å². The number of benzene rings is 1. The Morgan fingerprint density at radius 1 is 1.13 bits per heavy atom. The largest absolute Gasteiger partial charge is 0.366 e. The number of hydrogen-bond donors (Lipinski definition) is 1. The summed E-state index contributed by atoms with van der Waals surface area (Å²) in [5, 5.41) is 4.10. The lowest BCUT2D eigenvalue weighted by atomic mass is 10.2. The molecule has 0 bridgehead atoms. The lowest BCUT2D eigenvalue weighted by molar-refractivity contribution is 0.270. The number of anilines is 2. The second-order valence-corrected chi connectivity index (χ2v) is 6.02. The van der Waals surface area contributed by atoms with Crippen LogP contribution < -0.4 is 10.2 Å². The van der Waals surface area contributed by atoms with Gasteiger partial charge in [0.1, 0.15) is 5.82 Å². The Morgan fingerprint density at radius 2 is 1.91 bits per heavy atom. The monoisotopic (exact) mass is 331 g/mol. The van der Waals surface area contributed by atoms with Gasteiger partial charge in [-0.2, -0.15) is 4.98 Å². The standard InChI is InChI=1S/C17H22ClN5/c1-2-22-9-11-23(12-10-22)17-19-8-7-16(21-17)20-13-14-5-3-4-6-15(14)18/h3-8H,2,9-13H2,1H3,(H,19,20,21). The molecule has 0 aliphatic carbocycles. The van der Waals surface area contributed by atoms with E-state index in [2.05, 4.69) is 32.0 Å². The van der Waals surface area contributed by atoms with Crippen molar-refractivity contribution in [1.29, 1.82) is 0 Å². The Balaban J connectivity index is 1.63. The van der Waals surface area contributed by atoms with Gasteiger partial charge < -0.3 is 15.1 Å². The van der Waals surface area contributed by atoms with Crippen LogP contribution in [0.5, 0.6) is 0 Å². The van der Waals surface area contributed by atoms with Gasteiger partial charge in [0.2, 0.25) is 5.95 Å². The molecule has 0 unspecified atom stereocenters. The number of rotatable bonds is 5. The SMILES string of the molecule is CCN1CCN(c2nccc(NCc3ccccc3Cl)n2)CC1. The summed E-state index contributed by atoms with van der Waals surface area (Å²) in [6, 6.07) is 9.73. The van der Waals surface area contributed by atoms with E-state index in [0.717, 1.165) is 55.1 Å². The molecular weight excluding hydrogens is 310 g/mol. The molecular formula is C17H22ClN5. The van der Waals surface area contributed by atoms with Gasteiger partial charge in [0.25, 0.3) is 0 Å². The van der Waals surface area contributed by atoms with Crippen molar-refractivity contribution in [3.05, 3.63) is 47.1 Å². The molecule has 2 aromatic rings. The maximum absolute atomic E-state index is 6.19. The third-order valence-electron chi connectivity index (χ3n) is 4.16. The number of piperazine rings is 1. The molecule has 6 heteroatoms. The van der Waals surface area contributed by atoms with Crippen LogP contribution in [0.15, 0.2) is 36.5 Å². The maximum Gasteiger partial charge on any atom is 0.227 e. The van der Waals surface area contributed by atoms with Crippen LogP contribution in [0.1, 0.15) is 12.5 Å². The van der Waals surface area contributed by atoms with E-state index < -0.39 is 0 Å². The third-order valence-corrected chi connectivity index (χ3v) is 4.53. The zero-order valence-electron chi connectivity index (χ0n) is 13.4. The first-order valence-corrected chi connectivity index (χ1v) is 8.41. The number of halogens is 1. The van der Waals surface area contributed by atoms with E-state index >= 15 is 0 Å². The first-order chi connectivity index (χ1) is 11.3. The van der Waals surface area contributed by atoms with Crippen molar-refractivity contribution in [2.75, 3.05) is 42.9 Å². The van der Waals surface area contributed by atoms with E-state index in [9.17, 15) is 0 Å². The summed E-state index contributed by atoms with van der Waals surface area (Å²) in [6.45, 7) is 8.04. The van der Waals surface area contributed by atoms with Crippen LogP contribution in [-0.2, 0) is 6.54 Å². The normalized spacial score (nSPS) is 15.7. The molecule has 0 amide bonds. The van der Waals surface area contributed by atoms with E-state index in [4.69, 9.17) is 11.6 Å². The second-order valence-electron chi connectivity index (χ2n) is 5.61. The van der Waals surface area contributed by atoms with Crippen LogP contribution >= 0.6 is 11.6 Å². The fourth-order valence-corrected chi connectivity index (χ4v) is 2.89. The summed E-state index contributed by atoms with van der Waals surface area (Å²) in [6.07, 6.45) is 1.81. The highest BCUT2D eigenvalue weighted by atomic mass is 35.5. The van der Waals surface area contributed by atoms with E-state index in [0.29, 0.717) is 6.54 Å². The molecule has 0 atom stereocenters. The topological polar surface area (TPSA) is 44.3 Å². The van der Waals surface area contributed by atoms with Gasteiger partial charge in [-0.05, 0) is 24.2 Å². The summed E-state index contributed by atoms with van der Waals surface area (Å²) in [5.74, 6) is 1.62. The summed E-state index contributed by atoms with van der Waals surface area (Å²) < 4.78 is 0. The van der Waals surface area contributed by atoms with Crippen LogP contribution in [-0.4, -0.2) is 47.6 Å². The van der Waals surface area contributed by atoms with Crippen LogP contribution in [0.2, 0.25) is 5.02 Å². The minimum absolute atomic E-state index is 0.653. The fraction of sp³-hybridized carbons (Fsp3) is 0.412. The number of hydrogen-bond acceptors (Lipinski definition) is 5. The quantitative estimate of drug-likeness (QED) is 0.912. The van der Waals surface area contributed by atoms with Crippen LogP contribution in [0, 0.1) is 0 Å². The second kappa shape index (κ2) is 7.62. The van der Waals surface area contributed by atoms with Gasteiger partial charge in [-0.1, -0.05) is 36.7 Å². The Hall–Kier alpha value is -1.85. The Labute approximate surface area is 142 Å². The molecule has 1 fully saturated rings. The number of likely N-dealkylation sites (N-methyl/N-ethyl adjacent to an activating group) is 1. The van der Waals surface area contributed by atoms with Crippen molar-refractivity contribution in [3.8, 4) is 0 Å². The predicted molar refractivity (Wildman–Crippen MR) is 95.1 cm³/mol. The average molecular weight is 332 g/mol. The summed E-state index contributed by atoms with van der Waals surface area (Å²) in [7, 11) is 0. The van der Waals surface area contributed by atoms with E-state index in [1.807, 2.05) is 36.5 Å². The molecule has 0 spiro atoms. The van der Waals surface area contributed by atoms with Crippen molar-refractivity contribution in [1.82, 2.24) is 14.9 Å². The molecule has 0 saturated carbocycles. The molecule has 122 valence electrons. The molecule has 1 aromatic carbocycles. The average Bonchev–Trinajstić information content (AvgIpc) is 2.61. The Bertz CT molecular complexity index is 640. The highest BCUT2D eigenvalue weighted by Gasteiger charge is 2.17. The van der Waals surface area contributed by atoms with Crippen LogP contribution in [0.25, 0.3) is 0 Å². The number of aromatic nitrogens is 2. The van der Waals surface area contributed by atoms with Crippen molar-refractivity contribution < 1.29 is 0 Å². The minimum atomic E-state index is 0.653. The van der Waals surface area contributed by atoms with E-state index in [1.165, 1.54) is 0 Å². The zero-order valence-corrected chi connectivity index (χ0v) is 14.1. The van der Waals surface area contributed by atoms with Gasteiger partial charge in [0.15, 0.2) is 0 Å². The van der Waals surface area contributed by atoms with Gasteiger partial charge in [0.05, 0.1) is 0 Å². The summed E-state index contributed by atoms with van der Waals surface area (Å²) in [5.41, 5.74) is 1.06. The minimum Gasteiger partial charge on any atom is -0.366 e. The van der Waals surface area contributed by atoms with Gasteiger partial charge in [-0.25, -0.2) is 4.98 Å². The maximum atomic E-state index is 6.19. The third kappa shape index (κ3) is 4.12. The van der Waals surface area contributed by atoms with Gasteiger partial charge >= 0.3 is 0 Å². The van der Waals surface area contributed by atoms with Crippen LogP contribution in [0.3, 0.4) is 0 Å². The molecule has 0 radical (unpaired) electrons. The first-order valence-electron chi connectivity index (χ1n) is 8.04. The molecule has 2 heterocycles. The fourth-order valence-electron chi connectivity index (χ4n) is 2.69. The van der Waals surface area contributed by atoms with Crippen LogP contribution in [0.4, 0.5) is 11.8 Å². The lowest BCUT2D eigenvalue weighted by Gasteiger charge is -2.34. The summed E-state index contributed by atoms with van der Waals surface area (Å²) >= 11 is 6.19. The zero-order chi connectivity index (χ0) is 16.1. The Kier molecular flexibility index (Phi) is 5.31.